The van der Waals surface area contributed by atoms with Crippen LogP contribution in [0.1, 0.15) is 13.3 Å². The van der Waals surface area contributed by atoms with E-state index in [0.29, 0.717) is 13.1 Å². The third-order valence-electron chi connectivity index (χ3n) is 2.96. The summed E-state index contributed by atoms with van der Waals surface area (Å²) in [5, 5.41) is 0.169. The van der Waals surface area contributed by atoms with E-state index in [2.05, 4.69) is 10.4 Å². The number of halogens is 1. The molecule has 1 aromatic rings. The zero-order valence-corrected chi connectivity index (χ0v) is 14.1. The normalized spacial score (nSPS) is 12.1. The molecule has 21 heavy (non-hydrogen) atoms. The predicted octanol–water partition coefficient (Wildman–Crippen LogP) is 0.983. The smallest absolute Gasteiger partial charge is 0.244 e. The molecule has 0 unspecified atom stereocenters. The monoisotopic (exact) mass is 335 g/mol. The van der Waals surface area contributed by atoms with Gasteiger partial charge in [-0.15, -0.1) is 0 Å². The van der Waals surface area contributed by atoms with Gasteiger partial charge in [-0.1, -0.05) is 18.5 Å². The van der Waals surface area contributed by atoms with Crippen molar-refractivity contribution in [1.29, 1.82) is 0 Å². The summed E-state index contributed by atoms with van der Waals surface area (Å²) in [6, 6.07) is 1.35. The van der Waals surface area contributed by atoms with Crippen LogP contribution in [0, 0.1) is 0 Å². The minimum Gasteiger partial charge on any atom is -0.309 e. The number of nitrogens with zero attached hydrogens (tertiary/aromatic N) is 3. The van der Waals surface area contributed by atoms with Gasteiger partial charge in [0, 0.05) is 19.3 Å². The van der Waals surface area contributed by atoms with Gasteiger partial charge in [-0.25, -0.2) is 19.2 Å². The van der Waals surface area contributed by atoms with Crippen LogP contribution in [0.15, 0.2) is 17.2 Å². The number of hydrogen-bond acceptors (Lipinski definition) is 6. The lowest BCUT2D eigenvalue weighted by molar-refractivity contribution is 0.356. The van der Waals surface area contributed by atoms with Gasteiger partial charge in [0.2, 0.25) is 10.0 Å². The van der Waals surface area contributed by atoms with Gasteiger partial charge in [0.05, 0.1) is 5.02 Å². The molecule has 0 saturated heterocycles. The molecule has 0 saturated carbocycles. The Morgan fingerprint density at radius 2 is 2.05 bits per heavy atom. The summed E-state index contributed by atoms with van der Waals surface area (Å²) < 4.78 is 26.5. The van der Waals surface area contributed by atoms with Crippen molar-refractivity contribution in [3.05, 3.63) is 17.3 Å². The number of nitrogens with two attached hydrogens (primary N) is 1. The van der Waals surface area contributed by atoms with Crippen molar-refractivity contribution in [3.63, 3.8) is 0 Å². The third kappa shape index (κ3) is 4.79. The average Bonchev–Trinajstić information content (AvgIpc) is 2.42. The van der Waals surface area contributed by atoms with Crippen molar-refractivity contribution < 1.29 is 8.42 Å². The first kappa shape index (κ1) is 18.1. The van der Waals surface area contributed by atoms with E-state index in [9.17, 15) is 8.42 Å². The molecule has 0 aliphatic carbocycles. The molecule has 0 atom stereocenters. The van der Waals surface area contributed by atoms with Crippen LogP contribution in [0.4, 0.5) is 5.82 Å². The Balaban J connectivity index is 2.93. The fourth-order valence-electron chi connectivity index (χ4n) is 1.83. The van der Waals surface area contributed by atoms with Crippen LogP contribution in [0.2, 0.25) is 5.02 Å². The van der Waals surface area contributed by atoms with E-state index in [-0.39, 0.29) is 15.7 Å². The molecule has 120 valence electrons. The number of sulfonamides is 1. The molecule has 0 fully saturated rings. The molecule has 1 rings (SSSR count). The van der Waals surface area contributed by atoms with Gasteiger partial charge >= 0.3 is 0 Å². The average molecular weight is 336 g/mol. The van der Waals surface area contributed by atoms with Crippen molar-refractivity contribution in [3.8, 4) is 0 Å². The van der Waals surface area contributed by atoms with Gasteiger partial charge in [-0.05, 0) is 33.1 Å². The maximum atomic E-state index is 12.6. The first-order valence-electron chi connectivity index (χ1n) is 6.60. The minimum absolute atomic E-state index is 0.0678. The molecule has 1 heterocycles. The fraction of sp³-hybridized carbons (Fsp3) is 0.583. The number of hydrazine groups is 1. The minimum atomic E-state index is -3.60. The first-order chi connectivity index (χ1) is 9.82. The van der Waals surface area contributed by atoms with Gasteiger partial charge < -0.3 is 10.3 Å². The van der Waals surface area contributed by atoms with Crippen LogP contribution in [0.3, 0.4) is 0 Å². The van der Waals surface area contributed by atoms with Crippen LogP contribution in [-0.2, 0) is 10.0 Å². The highest BCUT2D eigenvalue weighted by Crippen LogP contribution is 2.23. The van der Waals surface area contributed by atoms with E-state index >= 15 is 0 Å². The SMILES string of the molecule is CCN(CCCN(C)C)S(=O)(=O)c1cnc(NN)c(Cl)c1. The number of nitrogens with one attached hydrogen (secondary N) is 1. The predicted molar refractivity (Wildman–Crippen MR) is 84.7 cm³/mol. The number of rotatable bonds is 8. The lowest BCUT2D eigenvalue weighted by Gasteiger charge is -2.21. The molecule has 7 nitrogen and oxygen atoms in total. The Labute approximate surface area is 131 Å². The van der Waals surface area contributed by atoms with Crippen LogP contribution < -0.4 is 11.3 Å². The second kappa shape index (κ2) is 7.90. The van der Waals surface area contributed by atoms with E-state index in [1.807, 2.05) is 19.0 Å². The summed E-state index contributed by atoms with van der Waals surface area (Å²) in [6.07, 6.45) is 2.01. The molecular weight excluding hydrogens is 314 g/mol. The summed E-state index contributed by atoms with van der Waals surface area (Å²) in [5.74, 6) is 5.47. The van der Waals surface area contributed by atoms with E-state index in [1.54, 1.807) is 6.92 Å². The van der Waals surface area contributed by atoms with Gasteiger partial charge in [-0.3, -0.25) is 0 Å². The maximum Gasteiger partial charge on any atom is 0.244 e. The van der Waals surface area contributed by atoms with Crippen LogP contribution in [0.5, 0.6) is 0 Å². The summed E-state index contributed by atoms with van der Waals surface area (Å²) in [6.45, 7) is 3.47. The Morgan fingerprint density at radius 3 is 2.52 bits per heavy atom. The topological polar surface area (TPSA) is 91.6 Å². The molecule has 1 aromatic heterocycles. The third-order valence-corrected chi connectivity index (χ3v) is 5.18. The Kier molecular flexibility index (Phi) is 6.82. The van der Waals surface area contributed by atoms with Gasteiger partial charge in [0.25, 0.3) is 0 Å². The highest BCUT2D eigenvalue weighted by atomic mass is 35.5. The standard InChI is InChI=1S/C12H22ClN5O2S/c1-4-18(7-5-6-17(2)3)21(19,20)10-8-11(13)12(16-14)15-9-10/h8-9H,4-7,14H2,1-3H3,(H,15,16). The quantitative estimate of drug-likeness (QED) is 0.543. The Bertz CT molecular complexity index is 565. The van der Waals surface area contributed by atoms with E-state index < -0.39 is 10.0 Å². The first-order valence-corrected chi connectivity index (χ1v) is 8.41. The highest BCUT2D eigenvalue weighted by molar-refractivity contribution is 7.89. The number of pyridine rings is 1. The van der Waals surface area contributed by atoms with Gasteiger partial charge in [0.1, 0.15) is 4.90 Å². The van der Waals surface area contributed by atoms with Crippen molar-refractivity contribution >= 4 is 27.4 Å². The second-order valence-electron chi connectivity index (χ2n) is 4.80. The number of anilines is 1. The zero-order chi connectivity index (χ0) is 16.0. The van der Waals surface area contributed by atoms with Crippen LogP contribution in [-0.4, -0.2) is 56.3 Å². The molecule has 3 N–H and O–H groups in total. The largest absolute Gasteiger partial charge is 0.309 e. The fourth-order valence-corrected chi connectivity index (χ4v) is 3.57. The number of hydrogen-bond donors (Lipinski definition) is 2. The number of aromatic nitrogens is 1. The molecule has 0 radical (unpaired) electrons. The van der Waals surface area contributed by atoms with E-state index in [0.717, 1.165) is 13.0 Å². The Hall–Kier alpha value is -0.930. The van der Waals surface area contributed by atoms with E-state index in [4.69, 9.17) is 17.4 Å². The molecule has 0 aliphatic rings. The summed E-state index contributed by atoms with van der Waals surface area (Å²) in [7, 11) is 0.306. The molecule has 0 amide bonds. The second-order valence-corrected chi connectivity index (χ2v) is 7.14. The van der Waals surface area contributed by atoms with Crippen LogP contribution >= 0.6 is 11.6 Å². The Morgan fingerprint density at radius 1 is 1.38 bits per heavy atom. The highest BCUT2D eigenvalue weighted by Gasteiger charge is 2.24. The lowest BCUT2D eigenvalue weighted by Crippen LogP contribution is -2.33. The molecule has 0 bridgehead atoms. The number of nitrogen functional groups attached to an aromatic ring is 1. The lowest BCUT2D eigenvalue weighted by atomic mass is 10.4. The van der Waals surface area contributed by atoms with Gasteiger partial charge in [0.15, 0.2) is 5.82 Å². The molecular formula is C12H22ClN5O2S. The zero-order valence-electron chi connectivity index (χ0n) is 12.5. The van der Waals surface area contributed by atoms with Crippen molar-refractivity contribution in [2.24, 2.45) is 5.84 Å². The van der Waals surface area contributed by atoms with Crippen molar-refractivity contribution in [2.75, 3.05) is 39.2 Å². The van der Waals surface area contributed by atoms with Crippen molar-refractivity contribution in [2.45, 2.75) is 18.2 Å². The van der Waals surface area contributed by atoms with E-state index in [1.165, 1.54) is 16.6 Å². The van der Waals surface area contributed by atoms with Crippen LogP contribution in [0.25, 0.3) is 0 Å². The summed E-state index contributed by atoms with van der Waals surface area (Å²) >= 11 is 5.93. The molecule has 0 spiro atoms. The maximum absolute atomic E-state index is 12.6. The summed E-state index contributed by atoms with van der Waals surface area (Å²) in [4.78, 5) is 5.99. The van der Waals surface area contributed by atoms with Crippen molar-refractivity contribution in [1.82, 2.24) is 14.2 Å². The molecule has 0 aromatic carbocycles. The molecule has 0 aliphatic heterocycles. The molecule has 9 heteroatoms. The summed E-state index contributed by atoms with van der Waals surface area (Å²) in [5.41, 5.74) is 2.31. The van der Waals surface area contributed by atoms with Gasteiger partial charge in [-0.2, -0.15) is 4.31 Å².